The second kappa shape index (κ2) is 7.79. The lowest BCUT2D eigenvalue weighted by Gasteiger charge is -2.18. The first-order chi connectivity index (χ1) is 9.47. The van der Waals surface area contributed by atoms with Crippen LogP contribution in [0.3, 0.4) is 0 Å². The van der Waals surface area contributed by atoms with Gasteiger partial charge in [-0.2, -0.15) is 0 Å². The van der Waals surface area contributed by atoms with Crippen LogP contribution in [0.15, 0.2) is 6.07 Å². The van der Waals surface area contributed by atoms with Crippen LogP contribution in [0.1, 0.15) is 30.0 Å². The number of anilines is 1. The van der Waals surface area contributed by atoms with Gasteiger partial charge in [-0.05, 0) is 40.9 Å². The Bertz CT molecular complexity index is 443. The second-order valence-electron chi connectivity index (χ2n) is 4.93. The van der Waals surface area contributed by atoms with E-state index in [1.807, 2.05) is 34.9 Å². The first kappa shape index (κ1) is 16.4. The van der Waals surface area contributed by atoms with Crippen molar-refractivity contribution in [2.24, 2.45) is 0 Å². The third-order valence-electron chi connectivity index (χ3n) is 2.97. The van der Waals surface area contributed by atoms with Crippen molar-refractivity contribution >= 4 is 11.9 Å². The van der Waals surface area contributed by atoms with Gasteiger partial charge < -0.3 is 15.1 Å². The highest BCUT2D eigenvalue weighted by atomic mass is 16.2. The molecule has 0 aliphatic heterocycles. The highest BCUT2D eigenvalue weighted by Gasteiger charge is 2.15. The number of aromatic nitrogens is 2. The van der Waals surface area contributed by atoms with Crippen molar-refractivity contribution in [3.8, 4) is 0 Å². The smallest absolute Gasteiger partial charge is 0.272 e. The monoisotopic (exact) mass is 279 g/mol. The highest BCUT2D eigenvalue weighted by molar-refractivity contribution is 5.92. The number of hydrogen-bond acceptors (Lipinski definition) is 5. The first-order valence-electron chi connectivity index (χ1n) is 7.01. The van der Waals surface area contributed by atoms with Crippen molar-refractivity contribution in [3.05, 3.63) is 17.5 Å². The van der Waals surface area contributed by atoms with Crippen LogP contribution in [0, 0.1) is 6.92 Å². The Morgan fingerprint density at radius 2 is 1.90 bits per heavy atom. The van der Waals surface area contributed by atoms with E-state index in [9.17, 15) is 4.79 Å². The molecule has 0 spiro atoms. The molecule has 1 N–H and O–H groups in total. The zero-order valence-corrected chi connectivity index (χ0v) is 13.1. The minimum absolute atomic E-state index is 0.0452. The van der Waals surface area contributed by atoms with Gasteiger partial charge in [-0.15, -0.1) is 0 Å². The number of nitrogens with one attached hydrogen (secondary N) is 1. The topological polar surface area (TPSA) is 61.4 Å². The predicted octanol–water partition coefficient (Wildman–Crippen LogP) is 1.24. The van der Waals surface area contributed by atoms with Gasteiger partial charge in [0.1, 0.15) is 5.69 Å². The molecule has 0 radical (unpaired) electrons. The molecule has 0 fully saturated rings. The number of rotatable bonds is 7. The van der Waals surface area contributed by atoms with Crippen LogP contribution in [0.25, 0.3) is 0 Å². The number of hydrogen-bond donors (Lipinski definition) is 1. The first-order valence-corrected chi connectivity index (χ1v) is 7.01. The zero-order chi connectivity index (χ0) is 15.1. The fourth-order valence-electron chi connectivity index (χ4n) is 1.82. The number of likely N-dealkylation sites (N-methyl/N-ethyl adjacent to an activating group) is 1. The molecule has 20 heavy (non-hydrogen) atoms. The quantitative estimate of drug-likeness (QED) is 0.813. The van der Waals surface area contributed by atoms with Gasteiger partial charge in [0, 0.05) is 31.9 Å². The molecule has 1 amide bonds. The van der Waals surface area contributed by atoms with E-state index in [4.69, 9.17) is 0 Å². The molecule has 1 heterocycles. The highest BCUT2D eigenvalue weighted by Crippen LogP contribution is 2.08. The molecule has 0 aromatic carbocycles. The van der Waals surface area contributed by atoms with Gasteiger partial charge in [-0.1, -0.05) is 0 Å². The maximum atomic E-state index is 12.3. The van der Waals surface area contributed by atoms with Crippen LogP contribution in [-0.2, 0) is 0 Å². The Hall–Kier alpha value is -1.69. The summed E-state index contributed by atoms with van der Waals surface area (Å²) >= 11 is 0. The van der Waals surface area contributed by atoms with Gasteiger partial charge in [-0.25, -0.2) is 9.97 Å². The van der Waals surface area contributed by atoms with Crippen LogP contribution < -0.4 is 5.32 Å². The number of carbonyl (C=O) groups is 1. The van der Waals surface area contributed by atoms with Gasteiger partial charge in [-0.3, -0.25) is 4.79 Å². The Kier molecular flexibility index (Phi) is 6.38. The Labute approximate surface area is 121 Å². The van der Waals surface area contributed by atoms with Gasteiger partial charge >= 0.3 is 0 Å². The summed E-state index contributed by atoms with van der Waals surface area (Å²) in [6.45, 7) is 8.80. The van der Waals surface area contributed by atoms with Crippen molar-refractivity contribution < 1.29 is 4.79 Å². The van der Waals surface area contributed by atoms with Crippen LogP contribution in [0.5, 0.6) is 0 Å². The molecule has 0 saturated carbocycles. The zero-order valence-electron chi connectivity index (χ0n) is 13.1. The number of aryl methyl sites for hydroxylation is 1. The third-order valence-corrected chi connectivity index (χ3v) is 2.97. The Morgan fingerprint density at radius 3 is 2.45 bits per heavy atom. The Morgan fingerprint density at radius 1 is 1.25 bits per heavy atom. The molecule has 0 atom stereocenters. The molecular weight excluding hydrogens is 254 g/mol. The van der Waals surface area contributed by atoms with E-state index in [0.717, 1.165) is 18.8 Å². The van der Waals surface area contributed by atoms with E-state index >= 15 is 0 Å². The van der Waals surface area contributed by atoms with E-state index in [1.54, 1.807) is 11.0 Å². The normalized spacial score (nSPS) is 10.7. The molecule has 1 aromatic heterocycles. The van der Waals surface area contributed by atoms with E-state index in [1.165, 1.54) is 0 Å². The Balaban J connectivity index is 2.82. The summed E-state index contributed by atoms with van der Waals surface area (Å²) in [4.78, 5) is 24.8. The van der Waals surface area contributed by atoms with E-state index < -0.39 is 0 Å². The van der Waals surface area contributed by atoms with Crippen LogP contribution in [0.4, 0.5) is 5.95 Å². The molecule has 1 aromatic rings. The molecule has 6 heteroatoms. The average Bonchev–Trinajstić information content (AvgIpc) is 2.39. The molecule has 0 unspecified atom stereocenters. The number of nitrogens with zero attached hydrogens (tertiary/aromatic N) is 4. The van der Waals surface area contributed by atoms with E-state index in [-0.39, 0.29) is 5.91 Å². The van der Waals surface area contributed by atoms with Crippen molar-refractivity contribution in [1.82, 2.24) is 19.8 Å². The number of amides is 1. The second-order valence-corrected chi connectivity index (χ2v) is 4.93. The number of carbonyl (C=O) groups excluding carboxylic acids is 1. The summed E-state index contributed by atoms with van der Waals surface area (Å²) in [6, 6.07) is 1.73. The van der Waals surface area contributed by atoms with Gasteiger partial charge in [0.25, 0.3) is 5.91 Å². The molecule has 6 nitrogen and oxygen atoms in total. The summed E-state index contributed by atoms with van der Waals surface area (Å²) < 4.78 is 0. The summed E-state index contributed by atoms with van der Waals surface area (Å²) in [5.41, 5.74) is 1.25. The predicted molar refractivity (Wildman–Crippen MR) is 81.1 cm³/mol. The molecular formula is C14H25N5O. The fourth-order valence-corrected chi connectivity index (χ4v) is 1.82. The summed E-state index contributed by atoms with van der Waals surface area (Å²) in [5, 5.41) is 3.15. The van der Waals surface area contributed by atoms with Crippen LogP contribution in [-0.4, -0.2) is 65.9 Å². The summed E-state index contributed by atoms with van der Waals surface area (Å²) in [5.74, 6) is 0.471. The van der Waals surface area contributed by atoms with Crippen LogP contribution in [0.2, 0.25) is 0 Å². The minimum atomic E-state index is -0.0452. The van der Waals surface area contributed by atoms with Crippen molar-refractivity contribution in [1.29, 1.82) is 0 Å². The lowest BCUT2D eigenvalue weighted by atomic mass is 10.3. The minimum Gasteiger partial charge on any atom is -0.353 e. The van der Waals surface area contributed by atoms with Gasteiger partial charge in [0.2, 0.25) is 5.95 Å². The van der Waals surface area contributed by atoms with Crippen LogP contribution >= 0.6 is 0 Å². The maximum absolute atomic E-state index is 12.3. The fraction of sp³-hybridized carbons (Fsp3) is 0.643. The van der Waals surface area contributed by atoms with Crippen molar-refractivity contribution in [3.63, 3.8) is 0 Å². The molecule has 0 bridgehead atoms. The summed E-state index contributed by atoms with van der Waals surface area (Å²) in [6.07, 6.45) is 0. The molecule has 112 valence electrons. The lowest BCUT2D eigenvalue weighted by Crippen LogP contribution is -2.31. The van der Waals surface area contributed by atoms with E-state index in [2.05, 4.69) is 20.2 Å². The standard InChI is InChI=1S/C14H25N5O/c1-6-19(7-2)13(20)12-10-11(3)16-14(17-12)15-8-9-18(4)5/h10H,6-9H2,1-5H3,(H,15,16,17). The largest absolute Gasteiger partial charge is 0.353 e. The van der Waals surface area contributed by atoms with Gasteiger partial charge in [0.15, 0.2) is 0 Å². The van der Waals surface area contributed by atoms with Crippen molar-refractivity contribution in [2.75, 3.05) is 45.6 Å². The van der Waals surface area contributed by atoms with Crippen molar-refractivity contribution in [2.45, 2.75) is 20.8 Å². The SMILES string of the molecule is CCN(CC)C(=O)c1cc(C)nc(NCCN(C)C)n1. The third kappa shape index (κ3) is 4.77. The summed E-state index contributed by atoms with van der Waals surface area (Å²) in [7, 11) is 4.02. The lowest BCUT2D eigenvalue weighted by molar-refractivity contribution is 0.0767. The maximum Gasteiger partial charge on any atom is 0.272 e. The van der Waals surface area contributed by atoms with E-state index in [0.29, 0.717) is 24.7 Å². The molecule has 0 saturated heterocycles. The molecule has 0 aliphatic carbocycles. The molecule has 1 rings (SSSR count). The molecule has 0 aliphatic rings. The van der Waals surface area contributed by atoms with Gasteiger partial charge in [0.05, 0.1) is 0 Å². The average molecular weight is 279 g/mol.